The lowest BCUT2D eigenvalue weighted by molar-refractivity contribution is -0.127. The molecule has 0 aromatic heterocycles. The molecule has 0 aliphatic carbocycles. The first-order chi connectivity index (χ1) is 11.0. The van der Waals surface area contributed by atoms with Crippen molar-refractivity contribution in [3.8, 4) is 0 Å². The van der Waals surface area contributed by atoms with Gasteiger partial charge in [0, 0.05) is 5.69 Å². The Hall–Kier alpha value is -2.69. The molecule has 0 N–H and O–H groups in total. The SMILES string of the molecule is Cc1ccccc1CN1C(=O)[C@H](C)N(c2ccc(F)cc2)C1=O. The molecule has 4 nitrogen and oxygen atoms in total. The molecule has 0 saturated carbocycles. The van der Waals surface area contributed by atoms with Crippen molar-refractivity contribution in [1.29, 1.82) is 0 Å². The van der Waals surface area contributed by atoms with Crippen LogP contribution in [-0.4, -0.2) is 22.9 Å². The molecule has 3 rings (SSSR count). The van der Waals surface area contributed by atoms with Gasteiger partial charge in [0.1, 0.15) is 11.9 Å². The third-order valence-corrected chi connectivity index (χ3v) is 4.14. The van der Waals surface area contributed by atoms with Crippen molar-refractivity contribution in [2.45, 2.75) is 26.4 Å². The van der Waals surface area contributed by atoms with Crippen LogP contribution in [0.2, 0.25) is 0 Å². The van der Waals surface area contributed by atoms with Crippen LogP contribution >= 0.6 is 0 Å². The highest BCUT2D eigenvalue weighted by atomic mass is 19.1. The number of rotatable bonds is 3. The standard InChI is InChI=1S/C18H17FN2O2/c1-12-5-3-4-6-14(12)11-20-17(22)13(2)21(18(20)23)16-9-7-15(19)8-10-16/h3-10,13H,11H2,1-2H3/t13-/m0/s1. The number of hydrogen-bond acceptors (Lipinski definition) is 2. The molecular weight excluding hydrogens is 295 g/mol. The zero-order valence-corrected chi connectivity index (χ0v) is 13.0. The zero-order valence-electron chi connectivity index (χ0n) is 13.0. The molecule has 23 heavy (non-hydrogen) atoms. The summed E-state index contributed by atoms with van der Waals surface area (Å²) < 4.78 is 13.1. The van der Waals surface area contributed by atoms with Crippen LogP contribution in [0.3, 0.4) is 0 Å². The number of aryl methyl sites for hydroxylation is 1. The number of anilines is 1. The summed E-state index contributed by atoms with van der Waals surface area (Å²) in [5.41, 5.74) is 2.48. The number of nitrogens with zero attached hydrogens (tertiary/aromatic N) is 2. The van der Waals surface area contributed by atoms with Crippen LogP contribution in [0, 0.1) is 12.7 Å². The molecule has 5 heteroatoms. The highest BCUT2D eigenvalue weighted by Crippen LogP contribution is 2.27. The van der Waals surface area contributed by atoms with Gasteiger partial charge in [0.15, 0.2) is 0 Å². The molecule has 1 fully saturated rings. The maximum atomic E-state index is 13.1. The van der Waals surface area contributed by atoms with E-state index in [0.717, 1.165) is 11.1 Å². The van der Waals surface area contributed by atoms with E-state index < -0.39 is 6.04 Å². The maximum absolute atomic E-state index is 13.1. The van der Waals surface area contributed by atoms with Crippen LogP contribution in [0.15, 0.2) is 48.5 Å². The first kappa shape index (κ1) is 15.2. The lowest BCUT2D eigenvalue weighted by atomic mass is 10.1. The summed E-state index contributed by atoms with van der Waals surface area (Å²) in [6, 6.07) is 12.3. The Morgan fingerprint density at radius 2 is 1.70 bits per heavy atom. The molecule has 1 heterocycles. The molecule has 1 atom stereocenters. The van der Waals surface area contributed by atoms with E-state index >= 15 is 0 Å². The Bertz CT molecular complexity index is 758. The molecule has 0 radical (unpaired) electrons. The number of hydrogen-bond donors (Lipinski definition) is 0. The van der Waals surface area contributed by atoms with Crippen molar-refractivity contribution in [2.24, 2.45) is 0 Å². The minimum atomic E-state index is -0.600. The lowest BCUT2D eigenvalue weighted by Crippen LogP contribution is -2.33. The summed E-state index contributed by atoms with van der Waals surface area (Å²) >= 11 is 0. The average Bonchev–Trinajstić information content (AvgIpc) is 2.74. The molecule has 0 unspecified atom stereocenters. The lowest BCUT2D eigenvalue weighted by Gasteiger charge is -2.19. The highest BCUT2D eigenvalue weighted by molar-refractivity contribution is 6.13. The van der Waals surface area contributed by atoms with Gasteiger partial charge in [0.2, 0.25) is 0 Å². The molecule has 1 aliphatic rings. The maximum Gasteiger partial charge on any atom is 0.332 e. The van der Waals surface area contributed by atoms with E-state index in [-0.39, 0.29) is 24.3 Å². The molecule has 2 aromatic rings. The van der Waals surface area contributed by atoms with Gasteiger partial charge in [-0.15, -0.1) is 0 Å². The number of imide groups is 1. The van der Waals surface area contributed by atoms with Crippen molar-refractivity contribution in [3.63, 3.8) is 0 Å². The van der Waals surface area contributed by atoms with E-state index in [4.69, 9.17) is 0 Å². The van der Waals surface area contributed by atoms with Crippen LogP contribution < -0.4 is 4.90 Å². The summed E-state index contributed by atoms with van der Waals surface area (Å²) in [6.45, 7) is 3.87. The minimum Gasteiger partial charge on any atom is -0.282 e. The number of benzene rings is 2. The summed E-state index contributed by atoms with van der Waals surface area (Å²) in [7, 11) is 0. The normalized spacial score (nSPS) is 18.0. The number of urea groups is 1. The predicted molar refractivity (Wildman–Crippen MR) is 85.5 cm³/mol. The fraction of sp³-hybridized carbons (Fsp3) is 0.222. The van der Waals surface area contributed by atoms with E-state index in [0.29, 0.717) is 5.69 Å². The van der Waals surface area contributed by atoms with E-state index in [1.807, 2.05) is 31.2 Å². The Morgan fingerprint density at radius 3 is 2.35 bits per heavy atom. The second-order valence-corrected chi connectivity index (χ2v) is 5.66. The van der Waals surface area contributed by atoms with Gasteiger partial charge in [-0.3, -0.25) is 14.6 Å². The van der Waals surface area contributed by atoms with E-state index in [1.54, 1.807) is 6.92 Å². The Balaban J connectivity index is 1.89. The van der Waals surface area contributed by atoms with Gasteiger partial charge in [-0.1, -0.05) is 24.3 Å². The van der Waals surface area contributed by atoms with Crippen molar-refractivity contribution >= 4 is 17.6 Å². The van der Waals surface area contributed by atoms with Gasteiger partial charge in [0.05, 0.1) is 6.54 Å². The summed E-state index contributed by atoms with van der Waals surface area (Å²) in [5.74, 6) is -0.626. The van der Waals surface area contributed by atoms with Gasteiger partial charge in [0.25, 0.3) is 5.91 Å². The number of carbonyl (C=O) groups is 2. The summed E-state index contributed by atoms with van der Waals surface area (Å²) in [6.07, 6.45) is 0. The minimum absolute atomic E-state index is 0.242. The van der Waals surface area contributed by atoms with Crippen LogP contribution in [-0.2, 0) is 11.3 Å². The molecule has 1 saturated heterocycles. The largest absolute Gasteiger partial charge is 0.332 e. The topological polar surface area (TPSA) is 40.6 Å². The third-order valence-electron chi connectivity index (χ3n) is 4.14. The van der Waals surface area contributed by atoms with Crippen LogP contribution in [0.25, 0.3) is 0 Å². The van der Waals surface area contributed by atoms with Crippen molar-refractivity contribution in [3.05, 3.63) is 65.5 Å². The van der Waals surface area contributed by atoms with Gasteiger partial charge >= 0.3 is 6.03 Å². The average molecular weight is 312 g/mol. The van der Waals surface area contributed by atoms with Gasteiger partial charge < -0.3 is 0 Å². The monoisotopic (exact) mass is 312 g/mol. The fourth-order valence-electron chi connectivity index (χ4n) is 2.77. The van der Waals surface area contributed by atoms with Crippen molar-refractivity contribution in [2.75, 3.05) is 4.90 Å². The van der Waals surface area contributed by atoms with Crippen LogP contribution in [0.4, 0.5) is 14.9 Å². The number of halogens is 1. The molecule has 118 valence electrons. The predicted octanol–water partition coefficient (Wildman–Crippen LogP) is 3.49. The molecule has 0 bridgehead atoms. The van der Waals surface area contributed by atoms with Gasteiger partial charge in [-0.05, 0) is 49.2 Å². The van der Waals surface area contributed by atoms with E-state index in [9.17, 15) is 14.0 Å². The second-order valence-electron chi connectivity index (χ2n) is 5.66. The Labute approximate surface area is 134 Å². The van der Waals surface area contributed by atoms with E-state index in [2.05, 4.69) is 0 Å². The van der Waals surface area contributed by atoms with E-state index in [1.165, 1.54) is 34.1 Å². The third kappa shape index (κ3) is 2.70. The quantitative estimate of drug-likeness (QED) is 0.814. The Kier molecular flexibility index (Phi) is 3.86. The molecule has 2 aromatic carbocycles. The zero-order chi connectivity index (χ0) is 16.6. The first-order valence-corrected chi connectivity index (χ1v) is 7.43. The molecule has 1 aliphatic heterocycles. The second kappa shape index (κ2) is 5.83. The molecule has 0 spiro atoms. The summed E-state index contributed by atoms with van der Waals surface area (Å²) in [5, 5.41) is 0. The smallest absolute Gasteiger partial charge is 0.282 e. The van der Waals surface area contributed by atoms with Gasteiger partial charge in [-0.2, -0.15) is 0 Å². The molecular formula is C18H17FN2O2. The van der Waals surface area contributed by atoms with Gasteiger partial charge in [-0.25, -0.2) is 9.18 Å². The van der Waals surface area contributed by atoms with Crippen LogP contribution in [0.5, 0.6) is 0 Å². The number of amides is 3. The van der Waals surface area contributed by atoms with Crippen molar-refractivity contribution < 1.29 is 14.0 Å². The van der Waals surface area contributed by atoms with Crippen molar-refractivity contribution in [1.82, 2.24) is 4.90 Å². The first-order valence-electron chi connectivity index (χ1n) is 7.43. The molecule has 3 amide bonds. The highest BCUT2D eigenvalue weighted by Gasteiger charge is 2.43. The van der Waals surface area contributed by atoms with Crippen LogP contribution in [0.1, 0.15) is 18.1 Å². The Morgan fingerprint density at radius 1 is 1.04 bits per heavy atom. The fourth-order valence-corrected chi connectivity index (χ4v) is 2.77. The number of carbonyl (C=O) groups excluding carboxylic acids is 2. The summed E-state index contributed by atoms with van der Waals surface area (Å²) in [4.78, 5) is 27.8.